The zero-order valence-corrected chi connectivity index (χ0v) is 12.7. The monoisotopic (exact) mass is 263 g/mol. The van der Waals surface area contributed by atoms with Gasteiger partial charge in [-0.1, -0.05) is 58.2 Å². The molecule has 108 valence electrons. The van der Waals surface area contributed by atoms with E-state index in [2.05, 4.69) is 26.1 Å². The van der Waals surface area contributed by atoms with E-state index in [1.165, 1.54) is 25.7 Å². The largest absolute Gasteiger partial charge is 0.492 e. The Kier molecular flexibility index (Phi) is 7.57. The summed E-state index contributed by atoms with van der Waals surface area (Å²) < 4.78 is 5.66. The summed E-state index contributed by atoms with van der Waals surface area (Å²) in [7, 11) is 0. The van der Waals surface area contributed by atoms with E-state index < -0.39 is 0 Å². The van der Waals surface area contributed by atoms with Crippen molar-refractivity contribution in [3.8, 4) is 5.75 Å². The fraction of sp³-hybridized carbons (Fsp3) is 0.647. The molecule has 0 aliphatic heterocycles. The Morgan fingerprint density at radius 2 is 1.84 bits per heavy atom. The van der Waals surface area contributed by atoms with Gasteiger partial charge in [-0.2, -0.15) is 0 Å². The molecular weight excluding hydrogens is 234 g/mol. The van der Waals surface area contributed by atoms with Crippen molar-refractivity contribution >= 4 is 0 Å². The lowest BCUT2D eigenvalue weighted by Gasteiger charge is -2.25. The number of unbranched alkanes of at least 4 members (excludes halogenated alkanes) is 2. The van der Waals surface area contributed by atoms with Crippen LogP contribution in [0.2, 0.25) is 0 Å². The van der Waals surface area contributed by atoms with Crippen molar-refractivity contribution in [1.82, 2.24) is 5.32 Å². The van der Waals surface area contributed by atoms with Crippen molar-refractivity contribution < 1.29 is 4.74 Å². The Balaban J connectivity index is 2.06. The molecule has 0 saturated carbocycles. The summed E-state index contributed by atoms with van der Waals surface area (Å²) in [5.74, 6) is 0.950. The van der Waals surface area contributed by atoms with Gasteiger partial charge in [0, 0.05) is 13.1 Å². The first-order valence-corrected chi connectivity index (χ1v) is 7.52. The molecule has 0 aliphatic carbocycles. The van der Waals surface area contributed by atoms with Crippen molar-refractivity contribution in [2.45, 2.75) is 46.5 Å². The lowest BCUT2D eigenvalue weighted by atomic mass is 9.87. The molecule has 19 heavy (non-hydrogen) atoms. The first-order chi connectivity index (χ1) is 9.14. The molecule has 0 fully saturated rings. The molecule has 0 aliphatic rings. The molecule has 1 N–H and O–H groups in total. The van der Waals surface area contributed by atoms with Crippen LogP contribution >= 0.6 is 0 Å². The van der Waals surface area contributed by atoms with Crippen LogP contribution in [0.1, 0.15) is 46.5 Å². The highest BCUT2D eigenvalue weighted by Gasteiger charge is 2.16. The molecule has 0 aromatic heterocycles. The van der Waals surface area contributed by atoms with Crippen LogP contribution in [0, 0.1) is 5.41 Å². The summed E-state index contributed by atoms with van der Waals surface area (Å²) >= 11 is 0. The van der Waals surface area contributed by atoms with Gasteiger partial charge in [0.15, 0.2) is 0 Å². The van der Waals surface area contributed by atoms with Crippen molar-refractivity contribution in [2.75, 3.05) is 19.7 Å². The number of hydrogen-bond donors (Lipinski definition) is 1. The van der Waals surface area contributed by atoms with Gasteiger partial charge in [-0.3, -0.25) is 0 Å². The van der Waals surface area contributed by atoms with Crippen LogP contribution in [0.5, 0.6) is 5.75 Å². The summed E-state index contributed by atoms with van der Waals surface area (Å²) in [6.45, 7) is 9.64. The van der Waals surface area contributed by atoms with Gasteiger partial charge in [0.25, 0.3) is 0 Å². The van der Waals surface area contributed by atoms with Gasteiger partial charge in [-0.25, -0.2) is 0 Å². The maximum Gasteiger partial charge on any atom is 0.119 e. The van der Waals surface area contributed by atoms with Crippen LogP contribution in [-0.4, -0.2) is 19.7 Å². The highest BCUT2D eigenvalue weighted by Crippen LogP contribution is 2.22. The van der Waals surface area contributed by atoms with Gasteiger partial charge in [-0.05, 0) is 24.0 Å². The average molecular weight is 263 g/mol. The fourth-order valence-corrected chi connectivity index (χ4v) is 2.13. The lowest BCUT2D eigenvalue weighted by Crippen LogP contribution is -2.32. The zero-order chi connectivity index (χ0) is 14.0. The van der Waals surface area contributed by atoms with Crippen LogP contribution in [0.3, 0.4) is 0 Å². The third kappa shape index (κ3) is 7.89. The van der Waals surface area contributed by atoms with Gasteiger partial charge in [0.1, 0.15) is 12.4 Å². The maximum atomic E-state index is 5.66. The molecule has 0 amide bonds. The first kappa shape index (κ1) is 16.0. The van der Waals surface area contributed by atoms with Gasteiger partial charge in [-0.15, -0.1) is 0 Å². The van der Waals surface area contributed by atoms with Crippen LogP contribution in [-0.2, 0) is 0 Å². The van der Waals surface area contributed by atoms with Crippen LogP contribution in [0.4, 0.5) is 0 Å². The fourth-order valence-electron chi connectivity index (χ4n) is 2.13. The number of hydrogen-bond acceptors (Lipinski definition) is 2. The zero-order valence-electron chi connectivity index (χ0n) is 12.7. The molecule has 0 saturated heterocycles. The first-order valence-electron chi connectivity index (χ1n) is 7.52. The summed E-state index contributed by atoms with van der Waals surface area (Å²) in [5, 5.41) is 3.50. The summed E-state index contributed by atoms with van der Waals surface area (Å²) in [6, 6.07) is 9.99. The molecule has 0 spiro atoms. The minimum absolute atomic E-state index is 0.391. The van der Waals surface area contributed by atoms with Gasteiger partial charge < -0.3 is 10.1 Å². The standard InChI is InChI=1S/C17H29NO/c1-4-5-9-12-17(2,3)15-18-13-14-19-16-10-7-6-8-11-16/h6-8,10-11,18H,4-5,9,12-15H2,1-3H3. The number of benzene rings is 1. The molecule has 1 aromatic carbocycles. The molecule has 1 aromatic rings. The second kappa shape index (κ2) is 8.98. The van der Waals surface area contributed by atoms with E-state index in [9.17, 15) is 0 Å². The van der Waals surface area contributed by atoms with Crippen LogP contribution in [0.25, 0.3) is 0 Å². The quantitative estimate of drug-likeness (QED) is 0.637. The normalized spacial score (nSPS) is 11.5. The van der Waals surface area contributed by atoms with E-state index in [0.717, 1.165) is 25.4 Å². The van der Waals surface area contributed by atoms with Crippen LogP contribution < -0.4 is 10.1 Å². The molecule has 2 heteroatoms. The predicted molar refractivity (Wildman–Crippen MR) is 82.7 cm³/mol. The van der Waals surface area contributed by atoms with E-state index in [1.807, 2.05) is 30.3 Å². The Morgan fingerprint density at radius 3 is 2.53 bits per heavy atom. The molecular formula is C17H29NO. The lowest BCUT2D eigenvalue weighted by molar-refractivity contribution is 0.273. The van der Waals surface area contributed by atoms with Crippen molar-refractivity contribution in [3.05, 3.63) is 30.3 Å². The second-order valence-corrected chi connectivity index (χ2v) is 5.96. The highest BCUT2D eigenvalue weighted by molar-refractivity contribution is 5.20. The minimum atomic E-state index is 0.391. The highest BCUT2D eigenvalue weighted by atomic mass is 16.5. The Hall–Kier alpha value is -1.02. The van der Waals surface area contributed by atoms with E-state index >= 15 is 0 Å². The maximum absolute atomic E-state index is 5.66. The summed E-state index contributed by atoms with van der Waals surface area (Å²) in [5.41, 5.74) is 0.391. The predicted octanol–water partition coefficient (Wildman–Crippen LogP) is 4.26. The number of nitrogens with one attached hydrogen (secondary N) is 1. The Morgan fingerprint density at radius 1 is 1.11 bits per heavy atom. The third-order valence-electron chi connectivity index (χ3n) is 3.35. The Labute approximate surface area is 118 Å². The molecule has 2 nitrogen and oxygen atoms in total. The third-order valence-corrected chi connectivity index (χ3v) is 3.35. The van der Waals surface area contributed by atoms with Crippen molar-refractivity contribution in [1.29, 1.82) is 0 Å². The number of para-hydroxylation sites is 1. The van der Waals surface area contributed by atoms with Gasteiger partial charge in [0.2, 0.25) is 0 Å². The van der Waals surface area contributed by atoms with E-state index in [-0.39, 0.29) is 0 Å². The van der Waals surface area contributed by atoms with Crippen molar-refractivity contribution in [3.63, 3.8) is 0 Å². The summed E-state index contributed by atoms with van der Waals surface area (Å²) in [6.07, 6.45) is 5.29. The number of ether oxygens (including phenoxy) is 1. The topological polar surface area (TPSA) is 21.3 Å². The van der Waals surface area contributed by atoms with E-state index in [0.29, 0.717) is 5.41 Å². The molecule has 0 unspecified atom stereocenters. The number of rotatable bonds is 10. The van der Waals surface area contributed by atoms with Crippen LogP contribution in [0.15, 0.2) is 30.3 Å². The molecule has 1 rings (SSSR count). The van der Waals surface area contributed by atoms with Crippen molar-refractivity contribution in [2.24, 2.45) is 5.41 Å². The smallest absolute Gasteiger partial charge is 0.119 e. The molecule has 0 radical (unpaired) electrons. The Bertz CT molecular complexity index is 321. The average Bonchev–Trinajstić information content (AvgIpc) is 2.39. The van der Waals surface area contributed by atoms with Gasteiger partial charge in [0.05, 0.1) is 0 Å². The summed E-state index contributed by atoms with van der Waals surface area (Å²) in [4.78, 5) is 0. The van der Waals surface area contributed by atoms with E-state index in [1.54, 1.807) is 0 Å². The van der Waals surface area contributed by atoms with Gasteiger partial charge >= 0.3 is 0 Å². The minimum Gasteiger partial charge on any atom is -0.492 e. The van der Waals surface area contributed by atoms with E-state index in [4.69, 9.17) is 4.74 Å². The second-order valence-electron chi connectivity index (χ2n) is 5.96. The molecule has 0 bridgehead atoms. The molecule has 0 atom stereocenters. The SMILES string of the molecule is CCCCCC(C)(C)CNCCOc1ccccc1. The molecule has 0 heterocycles.